The van der Waals surface area contributed by atoms with Crippen LogP contribution in [0.2, 0.25) is 0 Å². The lowest BCUT2D eigenvalue weighted by molar-refractivity contribution is -0.161. The van der Waals surface area contributed by atoms with Crippen LogP contribution < -0.4 is 5.32 Å². The SMILES string of the molecule is CC1(NC(=O)OCC2c3ccccc3-c3ccccc32)CCCCC1C(=O)N1CCC1C(=O)O. The molecule has 2 amide bonds. The summed E-state index contributed by atoms with van der Waals surface area (Å²) in [6.07, 6.45) is 2.99. The van der Waals surface area contributed by atoms with Crippen LogP contribution >= 0.6 is 0 Å². The summed E-state index contributed by atoms with van der Waals surface area (Å²) in [6.45, 7) is 2.54. The Morgan fingerprint density at radius 1 is 1.03 bits per heavy atom. The second-order valence-electron chi connectivity index (χ2n) is 9.84. The summed E-state index contributed by atoms with van der Waals surface area (Å²) in [5.74, 6) is -1.64. The number of nitrogens with one attached hydrogen (secondary N) is 1. The predicted octanol–water partition coefficient (Wildman–Crippen LogP) is 4.16. The Balaban J connectivity index is 1.27. The van der Waals surface area contributed by atoms with Crippen LogP contribution in [-0.2, 0) is 14.3 Å². The Morgan fingerprint density at radius 2 is 1.68 bits per heavy atom. The van der Waals surface area contributed by atoms with Gasteiger partial charge in [0.05, 0.1) is 11.5 Å². The molecular weight excluding hydrogens is 432 g/mol. The molecule has 34 heavy (non-hydrogen) atoms. The zero-order chi connectivity index (χ0) is 23.9. The van der Waals surface area contributed by atoms with Crippen molar-refractivity contribution in [2.45, 2.75) is 56.5 Å². The molecule has 3 atom stereocenters. The van der Waals surface area contributed by atoms with E-state index in [1.807, 2.05) is 31.2 Å². The van der Waals surface area contributed by atoms with Crippen LogP contribution in [0.1, 0.15) is 56.1 Å². The number of alkyl carbamates (subject to hydrolysis) is 1. The number of carbonyl (C=O) groups is 3. The second-order valence-corrected chi connectivity index (χ2v) is 9.84. The van der Waals surface area contributed by atoms with Gasteiger partial charge in [-0.2, -0.15) is 0 Å². The predicted molar refractivity (Wildman–Crippen MR) is 126 cm³/mol. The first kappa shape index (κ1) is 22.4. The topological polar surface area (TPSA) is 95.9 Å². The van der Waals surface area contributed by atoms with Crippen LogP contribution in [0.4, 0.5) is 4.79 Å². The van der Waals surface area contributed by atoms with Gasteiger partial charge in [-0.25, -0.2) is 9.59 Å². The van der Waals surface area contributed by atoms with Crippen molar-refractivity contribution in [3.8, 4) is 11.1 Å². The van der Waals surface area contributed by atoms with Gasteiger partial charge in [0.1, 0.15) is 12.6 Å². The normalized spacial score (nSPS) is 25.6. The Bertz CT molecular complexity index is 1090. The zero-order valence-electron chi connectivity index (χ0n) is 19.3. The van der Waals surface area contributed by atoms with E-state index in [0.29, 0.717) is 25.8 Å². The van der Waals surface area contributed by atoms with Crippen LogP contribution in [0.5, 0.6) is 0 Å². The first-order chi connectivity index (χ1) is 16.4. The van der Waals surface area contributed by atoms with E-state index in [0.717, 1.165) is 24.0 Å². The lowest BCUT2D eigenvalue weighted by atomic mass is 9.72. The fourth-order valence-corrected chi connectivity index (χ4v) is 5.85. The minimum atomic E-state index is -0.971. The van der Waals surface area contributed by atoms with E-state index in [2.05, 4.69) is 29.6 Å². The highest BCUT2D eigenvalue weighted by atomic mass is 16.5. The molecule has 3 unspecified atom stereocenters. The number of fused-ring (bicyclic) bond motifs is 3. The van der Waals surface area contributed by atoms with Crippen molar-refractivity contribution >= 4 is 18.0 Å². The summed E-state index contributed by atoms with van der Waals surface area (Å²) >= 11 is 0. The fourth-order valence-electron chi connectivity index (χ4n) is 5.85. The van der Waals surface area contributed by atoms with E-state index in [-0.39, 0.29) is 18.4 Å². The fraction of sp³-hybridized carbons (Fsp3) is 0.444. The maximum atomic E-state index is 13.2. The summed E-state index contributed by atoms with van der Waals surface area (Å²) in [6, 6.07) is 15.6. The Morgan fingerprint density at radius 3 is 2.26 bits per heavy atom. The monoisotopic (exact) mass is 462 g/mol. The molecule has 0 bridgehead atoms. The maximum Gasteiger partial charge on any atom is 0.407 e. The number of carboxylic acids is 1. The summed E-state index contributed by atoms with van der Waals surface area (Å²) < 4.78 is 5.73. The average molecular weight is 463 g/mol. The van der Waals surface area contributed by atoms with Crippen LogP contribution in [0, 0.1) is 5.92 Å². The third-order valence-electron chi connectivity index (χ3n) is 7.83. The number of benzene rings is 2. The van der Waals surface area contributed by atoms with Crippen LogP contribution in [0.3, 0.4) is 0 Å². The number of aliphatic carboxylic acids is 1. The lowest BCUT2D eigenvalue weighted by Crippen LogP contribution is -2.63. The van der Waals surface area contributed by atoms with E-state index in [4.69, 9.17) is 4.74 Å². The molecule has 1 saturated heterocycles. The summed E-state index contributed by atoms with van der Waals surface area (Å²) in [5.41, 5.74) is 3.85. The van der Waals surface area contributed by atoms with Crippen molar-refractivity contribution in [1.29, 1.82) is 0 Å². The number of nitrogens with zero attached hydrogens (tertiary/aromatic N) is 1. The highest BCUT2D eigenvalue weighted by Crippen LogP contribution is 2.44. The van der Waals surface area contributed by atoms with Gasteiger partial charge in [0, 0.05) is 12.5 Å². The zero-order valence-corrected chi connectivity index (χ0v) is 19.3. The van der Waals surface area contributed by atoms with Crippen LogP contribution in [0.15, 0.2) is 48.5 Å². The Labute approximate surface area is 199 Å². The van der Waals surface area contributed by atoms with E-state index < -0.39 is 29.6 Å². The van der Waals surface area contributed by atoms with E-state index in [9.17, 15) is 19.5 Å². The number of amides is 2. The van der Waals surface area contributed by atoms with Gasteiger partial charge in [-0.15, -0.1) is 0 Å². The van der Waals surface area contributed by atoms with Crippen molar-refractivity contribution < 1.29 is 24.2 Å². The molecule has 2 aromatic carbocycles. The van der Waals surface area contributed by atoms with Crippen LogP contribution in [-0.4, -0.2) is 52.7 Å². The molecule has 2 fully saturated rings. The minimum absolute atomic E-state index is 0.0350. The van der Waals surface area contributed by atoms with Gasteiger partial charge >= 0.3 is 12.1 Å². The van der Waals surface area contributed by atoms with E-state index in [1.165, 1.54) is 16.0 Å². The number of carboxylic acid groups (broad SMARTS) is 1. The van der Waals surface area contributed by atoms with Crippen molar-refractivity contribution in [2.24, 2.45) is 5.92 Å². The molecule has 1 heterocycles. The molecule has 0 spiro atoms. The molecule has 7 heteroatoms. The minimum Gasteiger partial charge on any atom is -0.480 e. The number of likely N-dealkylation sites (tertiary alicyclic amines) is 1. The molecule has 1 saturated carbocycles. The first-order valence-corrected chi connectivity index (χ1v) is 12.1. The molecule has 2 aliphatic carbocycles. The number of carbonyl (C=O) groups excluding carboxylic acids is 2. The lowest BCUT2D eigenvalue weighted by Gasteiger charge is -2.46. The molecule has 3 aliphatic rings. The van der Waals surface area contributed by atoms with Gasteiger partial charge in [0.15, 0.2) is 0 Å². The first-order valence-electron chi connectivity index (χ1n) is 12.1. The average Bonchev–Trinajstić information content (AvgIpc) is 3.10. The van der Waals surface area contributed by atoms with Crippen molar-refractivity contribution in [1.82, 2.24) is 10.2 Å². The third-order valence-corrected chi connectivity index (χ3v) is 7.83. The molecule has 2 aromatic rings. The van der Waals surface area contributed by atoms with Crippen molar-refractivity contribution in [3.05, 3.63) is 59.7 Å². The molecular formula is C27H30N2O5. The molecule has 2 N–H and O–H groups in total. The highest BCUT2D eigenvalue weighted by molar-refractivity contribution is 5.88. The van der Waals surface area contributed by atoms with Gasteiger partial charge in [0.25, 0.3) is 0 Å². The van der Waals surface area contributed by atoms with Crippen molar-refractivity contribution in [3.63, 3.8) is 0 Å². The smallest absolute Gasteiger partial charge is 0.407 e. The quantitative estimate of drug-likeness (QED) is 0.696. The Kier molecular flexibility index (Phi) is 5.80. The molecule has 1 aliphatic heterocycles. The standard InChI is InChI=1S/C27H30N2O5/c1-27(14-7-6-12-22(27)24(30)29-15-13-23(29)25(31)32)28-26(33)34-16-21-19-10-4-2-8-17(19)18-9-3-5-11-20(18)21/h2-5,8-11,21-23H,6-7,12-16H2,1H3,(H,28,33)(H,31,32). The van der Waals surface area contributed by atoms with Gasteiger partial charge in [-0.05, 0) is 48.4 Å². The number of hydrogen-bond donors (Lipinski definition) is 2. The molecule has 178 valence electrons. The highest BCUT2D eigenvalue weighted by Gasteiger charge is 2.48. The third kappa shape index (κ3) is 3.83. The molecule has 0 radical (unpaired) electrons. The van der Waals surface area contributed by atoms with Crippen LogP contribution in [0.25, 0.3) is 11.1 Å². The summed E-state index contributed by atoms with van der Waals surface area (Å²) in [7, 11) is 0. The number of rotatable bonds is 5. The van der Waals surface area contributed by atoms with Crippen molar-refractivity contribution in [2.75, 3.05) is 13.2 Å². The largest absolute Gasteiger partial charge is 0.480 e. The van der Waals surface area contributed by atoms with Gasteiger partial charge in [-0.1, -0.05) is 61.4 Å². The Hall–Kier alpha value is -3.35. The van der Waals surface area contributed by atoms with E-state index in [1.54, 1.807) is 0 Å². The molecule has 5 rings (SSSR count). The second kappa shape index (κ2) is 8.78. The summed E-state index contributed by atoms with van der Waals surface area (Å²) in [4.78, 5) is 39.0. The number of hydrogen-bond acceptors (Lipinski definition) is 4. The van der Waals surface area contributed by atoms with Gasteiger partial charge in [0.2, 0.25) is 5.91 Å². The summed E-state index contributed by atoms with van der Waals surface area (Å²) in [5, 5.41) is 12.3. The molecule has 0 aromatic heterocycles. The van der Waals surface area contributed by atoms with E-state index >= 15 is 0 Å². The molecule has 7 nitrogen and oxygen atoms in total. The van der Waals surface area contributed by atoms with Gasteiger partial charge in [-0.3, -0.25) is 4.79 Å². The van der Waals surface area contributed by atoms with Gasteiger partial charge < -0.3 is 20.1 Å². The maximum absolute atomic E-state index is 13.2. The number of ether oxygens (including phenoxy) is 1.